The lowest BCUT2D eigenvalue weighted by molar-refractivity contribution is -0.142. The molecule has 0 bridgehead atoms. The highest BCUT2D eigenvalue weighted by molar-refractivity contribution is 7.50. The van der Waals surface area contributed by atoms with Gasteiger partial charge >= 0.3 is 19.6 Å². The smallest absolute Gasteiger partial charge is 0.322 e. The quantitative estimate of drug-likeness (QED) is 0.273. The number of hydrogen-bond acceptors (Lipinski definition) is 6. The SMILES string of the molecule is COc1nc(NCCc2ccc(Cl)cc2Cl)cc(-c2cccc(C(C)(C)C(=O)O)c2)n1.CP(=O)(O)O. The molecular weight excluding hydrogens is 528 g/mol. The summed E-state index contributed by atoms with van der Waals surface area (Å²) < 4.78 is 14.6. The summed E-state index contributed by atoms with van der Waals surface area (Å²) in [4.78, 5) is 35.7. The predicted molar refractivity (Wildman–Crippen MR) is 141 cm³/mol. The first kappa shape index (κ1) is 29.5. The Labute approximate surface area is 219 Å². The van der Waals surface area contributed by atoms with E-state index in [1.807, 2.05) is 24.3 Å². The Balaban J connectivity index is 0.000000830. The highest BCUT2D eigenvalue weighted by atomic mass is 35.5. The summed E-state index contributed by atoms with van der Waals surface area (Å²) in [6.07, 6.45) is 0.680. The van der Waals surface area contributed by atoms with E-state index in [1.54, 1.807) is 38.1 Å². The molecule has 194 valence electrons. The van der Waals surface area contributed by atoms with E-state index in [2.05, 4.69) is 15.3 Å². The number of halogens is 2. The van der Waals surface area contributed by atoms with Crippen molar-refractivity contribution in [3.05, 3.63) is 69.7 Å². The number of benzene rings is 2. The Morgan fingerprint density at radius 1 is 1.11 bits per heavy atom. The van der Waals surface area contributed by atoms with Crippen molar-refractivity contribution in [1.29, 1.82) is 0 Å². The van der Waals surface area contributed by atoms with Crippen LogP contribution in [0.4, 0.5) is 5.82 Å². The molecule has 0 atom stereocenters. The number of aliphatic carboxylic acids is 1. The summed E-state index contributed by atoms with van der Waals surface area (Å²) in [6, 6.07) is 14.8. The molecule has 2 aromatic carbocycles. The van der Waals surface area contributed by atoms with Gasteiger partial charge in [0.25, 0.3) is 0 Å². The highest BCUT2D eigenvalue weighted by Crippen LogP contribution is 2.29. The summed E-state index contributed by atoms with van der Waals surface area (Å²) >= 11 is 12.2. The first-order chi connectivity index (χ1) is 16.7. The number of hydrogen-bond donors (Lipinski definition) is 4. The van der Waals surface area contributed by atoms with Crippen LogP contribution in [0.15, 0.2) is 48.5 Å². The minimum atomic E-state index is -3.64. The summed E-state index contributed by atoms with van der Waals surface area (Å²) in [6.45, 7) is 4.79. The maximum absolute atomic E-state index is 11.6. The zero-order chi connectivity index (χ0) is 27.1. The van der Waals surface area contributed by atoms with Crippen molar-refractivity contribution in [2.45, 2.75) is 25.7 Å². The zero-order valence-electron chi connectivity index (χ0n) is 20.2. The third-order valence-electron chi connectivity index (χ3n) is 5.02. The maximum atomic E-state index is 11.6. The molecule has 0 spiro atoms. The van der Waals surface area contributed by atoms with Crippen LogP contribution in [0.25, 0.3) is 11.3 Å². The van der Waals surface area contributed by atoms with Crippen LogP contribution < -0.4 is 10.1 Å². The van der Waals surface area contributed by atoms with Gasteiger partial charge in [-0.25, -0.2) is 0 Å². The van der Waals surface area contributed by atoms with E-state index in [-0.39, 0.29) is 6.01 Å². The van der Waals surface area contributed by atoms with Gasteiger partial charge in [0.1, 0.15) is 5.82 Å². The van der Waals surface area contributed by atoms with Gasteiger partial charge in [-0.1, -0.05) is 47.5 Å². The Bertz CT molecular complexity index is 1260. The average molecular weight is 556 g/mol. The van der Waals surface area contributed by atoms with E-state index in [9.17, 15) is 14.5 Å². The van der Waals surface area contributed by atoms with Crippen LogP contribution >= 0.6 is 30.8 Å². The lowest BCUT2D eigenvalue weighted by Gasteiger charge is -2.20. The van der Waals surface area contributed by atoms with E-state index >= 15 is 0 Å². The minimum absolute atomic E-state index is 0.215. The molecule has 4 N–H and O–H groups in total. The molecule has 0 aliphatic carbocycles. The molecule has 1 heterocycles. The van der Waals surface area contributed by atoms with Crippen molar-refractivity contribution < 1.29 is 29.0 Å². The van der Waals surface area contributed by atoms with E-state index in [0.29, 0.717) is 40.1 Å². The predicted octanol–water partition coefficient (Wildman–Crippen LogP) is 5.27. The Kier molecular flexibility index (Phi) is 10.3. The lowest BCUT2D eigenvalue weighted by atomic mass is 9.84. The second-order valence-electron chi connectivity index (χ2n) is 8.38. The third kappa shape index (κ3) is 9.08. The second-order valence-corrected chi connectivity index (χ2v) is 10.9. The van der Waals surface area contributed by atoms with Crippen LogP contribution in [-0.2, 0) is 21.2 Å². The van der Waals surface area contributed by atoms with Crippen LogP contribution in [0, 0.1) is 0 Å². The Morgan fingerprint density at radius 3 is 2.36 bits per heavy atom. The van der Waals surface area contributed by atoms with Gasteiger partial charge < -0.3 is 24.9 Å². The number of ether oxygens (including phenoxy) is 1. The summed E-state index contributed by atoms with van der Waals surface area (Å²) in [7, 11) is -2.14. The van der Waals surface area contributed by atoms with E-state index in [1.165, 1.54) is 7.11 Å². The topological polar surface area (TPSA) is 142 Å². The molecule has 3 aromatic rings. The fourth-order valence-electron chi connectivity index (χ4n) is 3.00. The van der Waals surface area contributed by atoms with Crippen molar-refractivity contribution in [3.63, 3.8) is 0 Å². The fraction of sp³-hybridized carbons (Fsp3) is 0.292. The third-order valence-corrected chi connectivity index (χ3v) is 5.61. The van der Waals surface area contributed by atoms with Crippen LogP contribution in [0.5, 0.6) is 6.01 Å². The van der Waals surface area contributed by atoms with Crippen molar-refractivity contribution >= 4 is 42.6 Å². The van der Waals surface area contributed by atoms with E-state index in [4.69, 9.17) is 37.7 Å². The van der Waals surface area contributed by atoms with Crippen LogP contribution in [0.2, 0.25) is 10.0 Å². The number of aromatic nitrogens is 2. The molecule has 0 fully saturated rings. The Morgan fingerprint density at radius 2 is 1.78 bits per heavy atom. The second kappa shape index (κ2) is 12.5. The summed E-state index contributed by atoms with van der Waals surface area (Å²) in [5, 5.41) is 14.0. The molecule has 0 saturated heterocycles. The average Bonchev–Trinajstić information content (AvgIpc) is 2.79. The molecule has 0 aliphatic heterocycles. The molecule has 0 unspecified atom stereocenters. The number of nitrogens with one attached hydrogen (secondary N) is 1. The molecule has 0 amide bonds. The van der Waals surface area contributed by atoms with Crippen molar-refractivity contribution in [2.75, 3.05) is 25.6 Å². The molecule has 0 aliphatic rings. The normalized spacial score (nSPS) is 11.3. The number of carboxylic acid groups (broad SMARTS) is 1. The molecule has 9 nitrogen and oxygen atoms in total. The zero-order valence-corrected chi connectivity index (χ0v) is 22.6. The van der Waals surface area contributed by atoms with Gasteiger partial charge in [-0.05, 0) is 49.6 Å². The highest BCUT2D eigenvalue weighted by Gasteiger charge is 2.29. The number of carboxylic acids is 1. The molecule has 12 heteroatoms. The molecule has 3 rings (SSSR count). The van der Waals surface area contributed by atoms with Crippen LogP contribution in [-0.4, -0.2) is 51.1 Å². The fourth-order valence-corrected chi connectivity index (χ4v) is 3.50. The van der Waals surface area contributed by atoms with Gasteiger partial charge in [-0.15, -0.1) is 0 Å². The largest absolute Gasteiger partial charge is 0.481 e. The van der Waals surface area contributed by atoms with Gasteiger partial charge in [0.15, 0.2) is 0 Å². The number of carbonyl (C=O) groups is 1. The number of rotatable bonds is 8. The maximum Gasteiger partial charge on any atom is 0.322 e. The molecular formula is C24H28Cl2N3O6P. The van der Waals surface area contributed by atoms with Crippen LogP contribution in [0.3, 0.4) is 0 Å². The molecule has 36 heavy (non-hydrogen) atoms. The van der Waals surface area contributed by atoms with Gasteiger partial charge in [0.05, 0.1) is 18.2 Å². The van der Waals surface area contributed by atoms with E-state index < -0.39 is 19.0 Å². The standard InChI is InChI=1S/C23H23Cl2N3O3.CH5O3P/c1-23(2,21(29)30)16-6-4-5-15(11-16)19-13-20(28-22(27-19)31-3)26-10-9-14-7-8-17(24)12-18(14)25;1-5(2,3)4/h4-8,11-13H,9-10H2,1-3H3,(H,29,30)(H,26,27,28);1H3,(H2,2,3,4). The molecule has 0 radical (unpaired) electrons. The minimum Gasteiger partial charge on any atom is -0.481 e. The van der Waals surface area contributed by atoms with Gasteiger partial charge in [0.2, 0.25) is 0 Å². The first-order valence-electron chi connectivity index (χ1n) is 10.7. The number of nitrogens with zero attached hydrogens (tertiary/aromatic N) is 2. The van der Waals surface area contributed by atoms with Gasteiger partial charge in [-0.2, -0.15) is 9.97 Å². The molecule has 1 aromatic heterocycles. The van der Waals surface area contributed by atoms with Gasteiger partial charge in [0, 0.05) is 34.9 Å². The molecule has 0 saturated carbocycles. The lowest BCUT2D eigenvalue weighted by Crippen LogP contribution is -2.28. The van der Waals surface area contributed by atoms with Crippen molar-refractivity contribution in [2.24, 2.45) is 0 Å². The summed E-state index contributed by atoms with van der Waals surface area (Å²) in [5.41, 5.74) is 2.04. The first-order valence-corrected chi connectivity index (χ1v) is 13.5. The van der Waals surface area contributed by atoms with Crippen molar-refractivity contribution in [3.8, 4) is 17.3 Å². The van der Waals surface area contributed by atoms with Crippen LogP contribution in [0.1, 0.15) is 25.0 Å². The monoisotopic (exact) mass is 555 g/mol. The number of methoxy groups -OCH3 is 1. The van der Waals surface area contributed by atoms with Crippen molar-refractivity contribution in [1.82, 2.24) is 9.97 Å². The number of anilines is 1. The Hall–Kier alpha value is -2.68. The van der Waals surface area contributed by atoms with Gasteiger partial charge in [-0.3, -0.25) is 9.36 Å². The summed E-state index contributed by atoms with van der Waals surface area (Å²) in [5.74, 6) is -0.303. The van der Waals surface area contributed by atoms with E-state index in [0.717, 1.165) is 17.8 Å².